The minimum Gasteiger partial charge on any atom is -0.352 e. The molecule has 1 atom stereocenters. The Balaban J connectivity index is 1.57. The summed E-state index contributed by atoms with van der Waals surface area (Å²) >= 11 is 0. The van der Waals surface area contributed by atoms with Gasteiger partial charge < -0.3 is 15.2 Å². The second-order valence-electron chi connectivity index (χ2n) is 6.36. The lowest BCUT2D eigenvalue weighted by Gasteiger charge is -2.18. The van der Waals surface area contributed by atoms with Crippen LogP contribution in [0.25, 0.3) is 0 Å². The van der Waals surface area contributed by atoms with Gasteiger partial charge in [0.1, 0.15) is 5.82 Å². The zero-order valence-electron chi connectivity index (χ0n) is 14.0. The Hall–Kier alpha value is -2.63. The van der Waals surface area contributed by atoms with E-state index in [1.165, 1.54) is 0 Å². The van der Waals surface area contributed by atoms with Crippen molar-refractivity contribution >= 4 is 17.5 Å². The molecule has 0 unspecified atom stereocenters. The maximum absolute atomic E-state index is 12.4. The quantitative estimate of drug-likeness (QED) is 0.884. The molecule has 126 valence electrons. The van der Waals surface area contributed by atoms with E-state index in [1.54, 1.807) is 18.3 Å². The number of anilines is 1. The van der Waals surface area contributed by atoms with Crippen molar-refractivity contribution in [3.8, 4) is 0 Å². The lowest BCUT2D eigenvalue weighted by Crippen LogP contribution is -2.30. The number of rotatable bonds is 5. The Morgan fingerprint density at radius 3 is 3.00 bits per heavy atom. The molecule has 0 saturated carbocycles. The molecule has 0 fully saturated rings. The summed E-state index contributed by atoms with van der Waals surface area (Å²) in [5.41, 5.74) is 2.46. The first-order valence-electron chi connectivity index (χ1n) is 8.21. The van der Waals surface area contributed by atoms with Crippen LogP contribution in [-0.4, -0.2) is 27.9 Å². The number of aromatic nitrogens is 2. The van der Waals surface area contributed by atoms with Gasteiger partial charge >= 0.3 is 0 Å². The maximum Gasteiger partial charge on any atom is 0.251 e. The van der Waals surface area contributed by atoms with Crippen molar-refractivity contribution in [2.75, 3.05) is 11.9 Å². The highest BCUT2D eigenvalue weighted by Crippen LogP contribution is 2.23. The summed E-state index contributed by atoms with van der Waals surface area (Å²) in [6, 6.07) is 5.43. The predicted molar refractivity (Wildman–Crippen MR) is 91.9 cm³/mol. The Kier molecular flexibility index (Phi) is 4.64. The number of nitrogens with one attached hydrogen (secondary N) is 2. The fourth-order valence-corrected chi connectivity index (χ4v) is 2.89. The Morgan fingerprint density at radius 2 is 2.25 bits per heavy atom. The highest BCUT2D eigenvalue weighted by molar-refractivity contribution is 5.97. The fourth-order valence-electron chi connectivity index (χ4n) is 2.89. The van der Waals surface area contributed by atoms with E-state index in [9.17, 15) is 9.59 Å². The van der Waals surface area contributed by atoms with Gasteiger partial charge in [0.2, 0.25) is 5.91 Å². The van der Waals surface area contributed by atoms with Gasteiger partial charge in [0, 0.05) is 43.2 Å². The molecular weight excluding hydrogens is 304 g/mol. The van der Waals surface area contributed by atoms with Gasteiger partial charge in [-0.3, -0.25) is 9.59 Å². The van der Waals surface area contributed by atoms with Crippen LogP contribution in [0.1, 0.15) is 35.1 Å². The van der Waals surface area contributed by atoms with E-state index >= 15 is 0 Å². The lowest BCUT2D eigenvalue weighted by atomic mass is 10.00. The number of hydrogen-bond donors (Lipinski definition) is 2. The fraction of sp³-hybridized carbons (Fsp3) is 0.389. The third-order valence-corrected chi connectivity index (χ3v) is 4.31. The summed E-state index contributed by atoms with van der Waals surface area (Å²) in [5, 5.41) is 5.81. The SMILES string of the molecule is Cc1nccn1C[C@@H](C)CNC(=O)c1ccc2c(c1)CCC(=O)N2. The molecule has 0 radical (unpaired) electrons. The molecule has 1 aliphatic heterocycles. The Labute approximate surface area is 141 Å². The van der Waals surface area contributed by atoms with Crippen LogP contribution in [0.3, 0.4) is 0 Å². The average Bonchev–Trinajstić information content (AvgIpc) is 2.97. The number of carbonyl (C=O) groups excluding carboxylic acids is 2. The Bertz CT molecular complexity index is 766. The van der Waals surface area contributed by atoms with Crippen molar-refractivity contribution in [2.45, 2.75) is 33.2 Å². The van der Waals surface area contributed by atoms with Gasteiger partial charge in [-0.25, -0.2) is 4.98 Å². The molecule has 6 nitrogen and oxygen atoms in total. The molecule has 1 aliphatic rings. The normalized spacial score (nSPS) is 14.7. The summed E-state index contributed by atoms with van der Waals surface area (Å²) in [6.07, 6.45) is 4.88. The van der Waals surface area contributed by atoms with Crippen molar-refractivity contribution < 1.29 is 9.59 Å². The minimum absolute atomic E-state index is 0.0309. The van der Waals surface area contributed by atoms with Crippen molar-refractivity contribution in [1.82, 2.24) is 14.9 Å². The van der Waals surface area contributed by atoms with Gasteiger partial charge in [-0.15, -0.1) is 0 Å². The van der Waals surface area contributed by atoms with E-state index in [4.69, 9.17) is 0 Å². The van der Waals surface area contributed by atoms with Crippen LogP contribution < -0.4 is 10.6 Å². The molecule has 0 spiro atoms. The molecule has 24 heavy (non-hydrogen) atoms. The molecule has 6 heteroatoms. The van der Waals surface area contributed by atoms with Gasteiger partial charge in [-0.2, -0.15) is 0 Å². The first-order chi connectivity index (χ1) is 11.5. The molecule has 1 aromatic carbocycles. The molecule has 1 aromatic heterocycles. The van der Waals surface area contributed by atoms with Crippen LogP contribution in [0, 0.1) is 12.8 Å². The maximum atomic E-state index is 12.4. The molecule has 0 bridgehead atoms. The van der Waals surface area contributed by atoms with Gasteiger partial charge in [0.05, 0.1) is 0 Å². The molecule has 2 aromatic rings. The van der Waals surface area contributed by atoms with Crippen molar-refractivity contribution in [2.24, 2.45) is 5.92 Å². The van der Waals surface area contributed by atoms with Crippen molar-refractivity contribution in [3.05, 3.63) is 47.5 Å². The van der Waals surface area contributed by atoms with Gasteiger partial charge in [0.25, 0.3) is 5.91 Å². The molecule has 0 aliphatic carbocycles. The highest BCUT2D eigenvalue weighted by atomic mass is 16.2. The van der Waals surface area contributed by atoms with E-state index in [1.807, 2.05) is 19.2 Å². The minimum atomic E-state index is -0.0797. The molecule has 0 saturated heterocycles. The van der Waals surface area contributed by atoms with Crippen LogP contribution >= 0.6 is 0 Å². The van der Waals surface area contributed by atoms with E-state index in [-0.39, 0.29) is 11.8 Å². The van der Waals surface area contributed by atoms with E-state index in [2.05, 4.69) is 27.1 Å². The standard InChI is InChI=1S/C18H22N4O2/c1-12(11-22-8-7-19-13(22)2)10-20-18(24)15-3-5-16-14(9-15)4-6-17(23)21-16/h3,5,7-9,12H,4,6,10-11H2,1-2H3,(H,20,24)(H,21,23)/t12-/m0/s1. The number of carbonyl (C=O) groups is 2. The predicted octanol–water partition coefficient (Wildman–Crippen LogP) is 2.14. The summed E-state index contributed by atoms with van der Waals surface area (Å²) in [4.78, 5) is 27.9. The molecule has 2 N–H and O–H groups in total. The average molecular weight is 326 g/mol. The first kappa shape index (κ1) is 16.2. The van der Waals surface area contributed by atoms with Crippen molar-refractivity contribution in [1.29, 1.82) is 0 Å². The van der Waals surface area contributed by atoms with Gasteiger partial charge in [-0.1, -0.05) is 6.92 Å². The number of imidazole rings is 1. The number of hydrogen-bond acceptors (Lipinski definition) is 3. The smallest absolute Gasteiger partial charge is 0.251 e. The van der Waals surface area contributed by atoms with Crippen LogP contribution in [0.5, 0.6) is 0 Å². The largest absolute Gasteiger partial charge is 0.352 e. The topological polar surface area (TPSA) is 76.0 Å². The summed E-state index contributed by atoms with van der Waals surface area (Å²) < 4.78 is 2.08. The molecular formula is C18H22N4O2. The second-order valence-corrected chi connectivity index (χ2v) is 6.36. The Morgan fingerprint density at radius 1 is 1.42 bits per heavy atom. The van der Waals surface area contributed by atoms with Crippen LogP contribution in [-0.2, 0) is 17.8 Å². The molecule has 2 heterocycles. The summed E-state index contributed by atoms with van der Waals surface area (Å²) in [6.45, 7) is 5.49. The van der Waals surface area contributed by atoms with Crippen LogP contribution in [0.4, 0.5) is 5.69 Å². The van der Waals surface area contributed by atoms with E-state index in [0.29, 0.717) is 30.9 Å². The number of fused-ring (bicyclic) bond motifs is 1. The second kappa shape index (κ2) is 6.86. The zero-order valence-corrected chi connectivity index (χ0v) is 14.0. The number of aryl methyl sites for hydroxylation is 2. The van der Waals surface area contributed by atoms with E-state index in [0.717, 1.165) is 23.6 Å². The van der Waals surface area contributed by atoms with Crippen LogP contribution in [0.15, 0.2) is 30.6 Å². The highest BCUT2D eigenvalue weighted by Gasteiger charge is 2.17. The third kappa shape index (κ3) is 3.64. The number of amides is 2. The summed E-state index contributed by atoms with van der Waals surface area (Å²) in [7, 11) is 0. The van der Waals surface area contributed by atoms with Gasteiger partial charge in [-0.05, 0) is 43.0 Å². The van der Waals surface area contributed by atoms with Crippen LogP contribution in [0.2, 0.25) is 0 Å². The van der Waals surface area contributed by atoms with Crippen molar-refractivity contribution in [3.63, 3.8) is 0 Å². The van der Waals surface area contributed by atoms with E-state index < -0.39 is 0 Å². The monoisotopic (exact) mass is 326 g/mol. The number of benzene rings is 1. The number of nitrogens with zero attached hydrogens (tertiary/aromatic N) is 2. The molecule has 3 rings (SSSR count). The molecule has 2 amide bonds. The first-order valence-corrected chi connectivity index (χ1v) is 8.21. The summed E-state index contributed by atoms with van der Waals surface area (Å²) in [5.74, 6) is 1.23. The zero-order chi connectivity index (χ0) is 17.1. The lowest BCUT2D eigenvalue weighted by molar-refractivity contribution is -0.116. The third-order valence-electron chi connectivity index (χ3n) is 4.31. The van der Waals surface area contributed by atoms with Gasteiger partial charge in [0.15, 0.2) is 0 Å².